The van der Waals surface area contributed by atoms with Crippen molar-refractivity contribution in [3.63, 3.8) is 0 Å². The number of hydrogen-bond donors (Lipinski definition) is 2. The summed E-state index contributed by atoms with van der Waals surface area (Å²) in [5.74, 6) is 0.699. The van der Waals surface area contributed by atoms with Gasteiger partial charge in [0.2, 0.25) is 5.91 Å². The number of nitrogens with zero attached hydrogens (tertiary/aromatic N) is 2. The Kier molecular flexibility index (Phi) is 6.61. The standard InChI is InChI=1S/C16H21N3O3S/c1-23-9-7-12(10-20)18-15(21)6-8-19-11-17-14-5-3-2-4-13(14)16(19)22/h2-5,11-12,20H,6-10H2,1H3,(H,18,21)/t12-/m0/s1. The highest BCUT2D eigenvalue weighted by atomic mass is 32.2. The lowest BCUT2D eigenvalue weighted by molar-refractivity contribution is -0.122. The molecule has 0 aliphatic heterocycles. The summed E-state index contributed by atoms with van der Waals surface area (Å²) in [4.78, 5) is 28.5. The normalized spacial score (nSPS) is 12.3. The molecule has 23 heavy (non-hydrogen) atoms. The van der Waals surface area contributed by atoms with Gasteiger partial charge in [0.05, 0.1) is 29.9 Å². The zero-order valence-electron chi connectivity index (χ0n) is 13.1. The smallest absolute Gasteiger partial charge is 0.261 e. The van der Waals surface area contributed by atoms with Crippen LogP contribution < -0.4 is 10.9 Å². The van der Waals surface area contributed by atoms with Crippen LogP contribution in [0.3, 0.4) is 0 Å². The number of aromatic nitrogens is 2. The van der Waals surface area contributed by atoms with Gasteiger partial charge in [-0.05, 0) is 30.6 Å². The number of rotatable bonds is 8. The predicted octanol–water partition coefficient (Wildman–Crippen LogP) is 1.02. The number of nitrogens with one attached hydrogen (secondary N) is 1. The molecule has 0 bridgehead atoms. The lowest BCUT2D eigenvalue weighted by Gasteiger charge is -2.16. The van der Waals surface area contributed by atoms with Crippen LogP contribution in [0.1, 0.15) is 12.8 Å². The average molecular weight is 335 g/mol. The van der Waals surface area contributed by atoms with E-state index in [0.29, 0.717) is 10.9 Å². The van der Waals surface area contributed by atoms with Gasteiger partial charge in [-0.2, -0.15) is 11.8 Å². The average Bonchev–Trinajstić information content (AvgIpc) is 2.58. The fraction of sp³-hybridized carbons (Fsp3) is 0.438. The van der Waals surface area contributed by atoms with Gasteiger partial charge in [0.15, 0.2) is 0 Å². The fourth-order valence-corrected chi connectivity index (χ4v) is 2.78. The molecule has 0 fully saturated rings. The number of thioether (sulfide) groups is 1. The molecule has 2 rings (SSSR count). The summed E-state index contributed by atoms with van der Waals surface area (Å²) in [6.45, 7) is 0.187. The van der Waals surface area contributed by atoms with Crippen molar-refractivity contribution in [3.05, 3.63) is 40.9 Å². The first-order valence-electron chi connectivity index (χ1n) is 7.49. The van der Waals surface area contributed by atoms with E-state index in [0.717, 1.165) is 12.2 Å². The number of aliphatic hydroxyl groups is 1. The largest absolute Gasteiger partial charge is 0.394 e. The summed E-state index contributed by atoms with van der Waals surface area (Å²) in [5, 5.41) is 12.6. The van der Waals surface area contributed by atoms with Crippen molar-refractivity contribution in [2.45, 2.75) is 25.4 Å². The molecule has 124 valence electrons. The number of aliphatic hydroxyl groups excluding tert-OH is 1. The number of carbonyl (C=O) groups excluding carboxylic acids is 1. The maximum atomic E-state index is 12.3. The molecular weight excluding hydrogens is 314 g/mol. The van der Waals surface area contributed by atoms with E-state index < -0.39 is 0 Å². The molecule has 1 aromatic heterocycles. The Bertz CT molecular complexity index is 717. The first kappa shape index (κ1) is 17.5. The minimum atomic E-state index is -0.235. The van der Waals surface area contributed by atoms with Gasteiger partial charge in [0, 0.05) is 13.0 Å². The second-order valence-corrected chi connectivity index (χ2v) is 6.22. The molecule has 1 amide bonds. The highest BCUT2D eigenvalue weighted by Gasteiger charge is 2.11. The second kappa shape index (κ2) is 8.69. The molecular formula is C16H21N3O3S. The SMILES string of the molecule is CSCC[C@@H](CO)NC(=O)CCn1cnc2ccccc2c1=O. The highest BCUT2D eigenvalue weighted by molar-refractivity contribution is 7.98. The van der Waals surface area contributed by atoms with Gasteiger partial charge < -0.3 is 10.4 Å². The molecule has 2 aromatic rings. The molecule has 0 unspecified atom stereocenters. The first-order chi connectivity index (χ1) is 11.2. The van der Waals surface area contributed by atoms with Crippen LogP contribution in [-0.2, 0) is 11.3 Å². The number of aryl methyl sites for hydroxylation is 1. The zero-order chi connectivity index (χ0) is 16.7. The fourth-order valence-electron chi connectivity index (χ4n) is 2.26. The van der Waals surface area contributed by atoms with Crippen LogP contribution in [-0.4, -0.2) is 45.2 Å². The van der Waals surface area contributed by atoms with Crippen molar-refractivity contribution in [1.82, 2.24) is 14.9 Å². The predicted molar refractivity (Wildman–Crippen MR) is 92.6 cm³/mol. The van der Waals surface area contributed by atoms with Crippen LogP contribution in [0, 0.1) is 0 Å². The Morgan fingerprint density at radius 3 is 2.96 bits per heavy atom. The Morgan fingerprint density at radius 1 is 1.43 bits per heavy atom. The van der Waals surface area contributed by atoms with E-state index in [-0.39, 0.29) is 37.1 Å². The second-order valence-electron chi connectivity index (χ2n) is 5.24. The number of hydrogen-bond acceptors (Lipinski definition) is 5. The van der Waals surface area contributed by atoms with Crippen LogP contribution in [0.2, 0.25) is 0 Å². The van der Waals surface area contributed by atoms with E-state index in [1.807, 2.05) is 12.3 Å². The summed E-state index contributed by atoms with van der Waals surface area (Å²) < 4.78 is 1.44. The van der Waals surface area contributed by atoms with Gasteiger partial charge in [-0.25, -0.2) is 4.98 Å². The molecule has 0 aliphatic rings. The van der Waals surface area contributed by atoms with Crippen LogP contribution in [0.15, 0.2) is 35.4 Å². The Balaban J connectivity index is 1.96. The van der Waals surface area contributed by atoms with E-state index in [2.05, 4.69) is 10.3 Å². The number of fused-ring (bicyclic) bond motifs is 1. The highest BCUT2D eigenvalue weighted by Crippen LogP contribution is 2.05. The van der Waals surface area contributed by atoms with Crippen LogP contribution in [0.5, 0.6) is 0 Å². The van der Waals surface area contributed by atoms with E-state index >= 15 is 0 Å². The number of amides is 1. The third-order valence-corrected chi connectivity index (χ3v) is 4.21. The molecule has 1 heterocycles. The van der Waals surface area contributed by atoms with Crippen molar-refractivity contribution in [3.8, 4) is 0 Å². The topological polar surface area (TPSA) is 84.2 Å². The summed E-state index contributed by atoms with van der Waals surface area (Å²) in [7, 11) is 0. The Hall–Kier alpha value is -1.86. The molecule has 7 heteroatoms. The number of para-hydroxylation sites is 1. The van der Waals surface area contributed by atoms with Crippen molar-refractivity contribution in [1.29, 1.82) is 0 Å². The third-order valence-electron chi connectivity index (χ3n) is 3.57. The monoisotopic (exact) mass is 335 g/mol. The minimum Gasteiger partial charge on any atom is -0.394 e. The zero-order valence-corrected chi connectivity index (χ0v) is 13.9. The van der Waals surface area contributed by atoms with Crippen molar-refractivity contribution in [2.75, 3.05) is 18.6 Å². The van der Waals surface area contributed by atoms with Crippen molar-refractivity contribution >= 4 is 28.6 Å². The van der Waals surface area contributed by atoms with Crippen LogP contribution in [0.25, 0.3) is 10.9 Å². The number of benzene rings is 1. The first-order valence-corrected chi connectivity index (χ1v) is 8.88. The third kappa shape index (κ3) is 4.80. The molecule has 0 aliphatic carbocycles. The van der Waals surface area contributed by atoms with E-state index in [1.54, 1.807) is 30.0 Å². The van der Waals surface area contributed by atoms with Gasteiger partial charge >= 0.3 is 0 Å². The summed E-state index contributed by atoms with van der Waals surface area (Å²) in [6.07, 6.45) is 4.35. The van der Waals surface area contributed by atoms with Crippen molar-refractivity contribution < 1.29 is 9.90 Å². The molecule has 0 spiro atoms. The maximum Gasteiger partial charge on any atom is 0.261 e. The molecule has 1 atom stereocenters. The van der Waals surface area contributed by atoms with Gasteiger partial charge in [0.25, 0.3) is 5.56 Å². The molecule has 0 radical (unpaired) electrons. The van der Waals surface area contributed by atoms with Gasteiger partial charge in [-0.15, -0.1) is 0 Å². The van der Waals surface area contributed by atoms with E-state index in [4.69, 9.17) is 0 Å². The minimum absolute atomic E-state index is 0.0796. The van der Waals surface area contributed by atoms with Crippen LogP contribution in [0.4, 0.5) is 0 Å². The van der Waals surface area contributed by atoms with Gasteiger partial charge in [0.1, 0.15) is 0 Å². The molecule has 2 N–H and O–H groups in total. The van der Waals surface area contributed by atoms with Gasteiger partial charge in [-0.3, -0.25) is 14.2 Å². The van der Waals surface area contributed by atoms with E-state index in [9.17, 15) is 14.7 Å². The van der Waals surface area contributed by atoms with Gasteiger partial charge in [-0.1, -0.05) is 12.1 Å². The van der Waals surface area contributed by atoms with Crippen LogP contribution >= 0.6 is 11.8 Å². The molecule has 1 aromatic carbocycles. The molecule has 0 saturated carbocycles. The van der Waals surface area contributed by atoms with E-state index in [1.165, 1.54) is 10.9 Å². The molecule has 0 saturated heterocycles. The Morgan fingerprint density at radius 2 is 2.22 bits per heavy atom. The summed E-state index contributed by atoms with van der Waals surface area (Å²) in [6, 6.07) is 6.90. The summed E-state index contributed by atoms with van der Waals surface area (Å²) >= 11 is 1.67. The maximum absolute atomic E-state index is 12.3. The van der Waals surface area contributed by atoms with Crippen molar-refractivity contribution in [2.24, 2.45) is 0 Å². The lowest BCUT2D eigenvalue weighted by Crippen LogP contribution is -2.38. The Labute approximate surface area is 138 Å². The lowest BCUT2D eigenvalue weighted by atomic mass is 10.2. The quantitative estimate of drug-likeness (QED) is 0.752. The summed E-state index contributed by atoms with van der Waals surface area (Å²) in [5.41, 5.74) is 0.500. The number of carbonyl (C=O) groups is 1. The molecule has 6 nitrogen and oxygen atoms in total.